The SMILES string of the molecule is COc1cc(CN2C[C@H]3C[C@@H]2CN3C)ccc1Cn1nc(C)c2nc(N)nc(NCc3cc(C)on3)c21. The Labute approximate surface area is 215 Å². The van der Waals surface area contributed by atoms with Crippen LogP contribution in [0.4, 0.5) is 11.8 Å². The molecule has 3 aromatic heterocycles. The molecule has 0 amide bonds. The highest BCUT2D eigenvalue weighted by Gasteiger charge is 2.41. The molecule has 4 aromatic rings. The summed E-state index contributed by atoms with van der Waals surface area (Å²) in [5.41, 5.74) is 11.4. The average molecular weight is 504 g/mol. The molecule has 1 aromatic carbocycles. The number of nitrogens with two attached hydrogens (primary N) is 1. The van der Waals surface area contributed by atoms with Gasteiger partial charge < -0.3 is 25.2 Å². The van der Waals surface area contributed by atoms with Crippen molar-refractivity contribution in [3.63, 3.8) is 0 Å². The molecule has 37 heavy (non-hydrogen) atoms. The van der Waals surface area contributed by atoms with Crippen molar-refractivity contribution < 1.29 is 9.26 Å². The number of aromatic nitrogens is 5. The summed E-state index contributed by atoms with van der Waals surface area (Å²) in [4.78, 5) is 14.0. The molecule has 0 spiro atoms. The number of nitrogen functional groups attached to an aromatic ring is 1. The Hall–Kier alpha value is -3.70. The monoisotopic (exact) mass is 503 g/mol. The zero-order valence-electron chi connectivity index (χ0n) is 21.7. The van der Waals surface area contributed by atoms with Crippen LogP contribution in [0.15, 0.2) is 28.8 Å². The third-order valence-electron chi connectivity index (χ3n) is 7.57. The van der Waals surface area contributed by atoms with Crippen molar-refractivity contribution in [3.8, 4) is 5.75 Å². The first-order valence-corrected chi connectivity index (χ1v) is 12.6. The number of fused-ring (bicyclic) bond motifs is 3. The smallest absolute Gasteiger partial charge is 0.222 e. The van der Waals surface area contributed by atoms with Gasteiger partial charge in [-0.3, -0.25) is 9.58 Å². The predicted molar refractivity (Wildman–Crippen MR) is 140 cm³/mol. The second-order valence-electron chi connectivity index (χ2n) is 10.2. The van der Waals surface area contributed by atoms with Crippen LogP contribution in [0.2, 0.25) is 0 Å². The van der Waals surface area contributed by atoms with Gasteiger partial charge in [-0.1, -0.05) is 17.3 Å². The third kappa shape index (κ3) is 4.49. The van der Waals surface area contributed by atoms with Gasteiger partial charge in [-0.2, -0.15) is 10.1 Å². The number of methoxy groups -OCH3 is 1. The molecule has 2 aliphatic heterocycles. The lowest BCUT2D eigenvalue weighted by molar-refractivity contribution is 0.143. The van der Waals surface area contributed by atoms with E-state index in [0.717, 1.165) is 59.1 Å². The number of ether oxygens (including phenoxy) is 1. The maximum absolute atomic E-state index is 6.03. The zero-order chi connectivity index (χ0) is 25.7. The quantitative estimate of drug-likeness (QED) is 0.371. The van der Waals surface area contributed by atoms with E-state index in [0.29, 0.717) is 31.0 Å². The second kappa shape index (κ2) is 9.31. The number of nitrogens with zero attached hydrogens (tertiary/aromatic N) is 7. The van der Waals surface area contributed by atoms with Crippen LogP contribution in [0, 0.1) is 13.8 Å². The summed E-state index contributed by atoms with van der Waals surface area (Å²) in [5, 5.41) is 12.2. The van der Waals surface area contributed by atoms with Crippen LogP contribution in [0.1, 0.15) is 34.7 Å². The predicted octanol–water partition coefficient (Wildman–Crippen LogP) is 2.57. The Morgan fingerprint density at radius 2 is 2.00 bits per heavy atom. The van der Waals surface area contributed by atoms with Gasteiger partial charge in [0.2, 0.25) is 5.95 Å². The van der Waals surface area contributed by atoms with E-state index in [2.05, 4.69) is 55.5 Å². The topological polar surface area (TPSA) is 123 Å². The lowest BCUT2D eigenvalue weighted by Gasteiger charge is -2.32. The van der Waals surface area contributed by atoms with E-state index in [1.54, 1.807) is 7.11 Å². The van der Waals surface area contributed by atoms with E-state index in [1.165, 1.54) is 12.0 Å². The molecule has 5 heterocycles. The van der Waals surface area contributed by atoms with E-state index in [-0.39, 0.29) is 5.95 Å². The van der Waals surface area contributed by atoms with Crippen molar-refractivity contribution in [2.24, 2.45) is 0 Å². The second-order valence-corrected chi connectivity index (χ2v) is 10.2. The molecule has 0 saturated carbocycles. The molecule has 11 heteroatoms. The molecule has 6 rings (SSSR count). The van der Waals surface area contributed by atoms with E-state index < -0.39 is 0 Å². The summed E-state index contributed by atoms with van der Waals surface area (Å²) in [5.74, 6) is 2.40. The summed E-state index contributed by atoms with van der Waals surface area (Å²) < 4.78 is 12.9. The Morgan fingerprint density at radius 1 is 1.14 bits per heavy atom. The number of piperazine rings is 1. The summed E-state index contributed by atoms with van der Waals surface area (Å²) in [6, 6.07) is 9.72. The molecule has 2 bridgehead atoms. The van der Waals surface area contributed by atoms with Crippen LogP contribution in [0.3, 0.4) is 0 Å². The normalized spacial score (nSPS) is 19.8. The van der Waals surface area contributed by atoms with Gasteiger partial charge in [0.05, 0.1) is 25.9 Å². The van der Waals surface area contributed by atoms with Crippen LogP contribution in [-0.2, 0) is 19.6 Å². The summed E-state index contributed by atoms with van der Waals surface area (Å²) in [6.45, 7) is 7.98. The third-order valence-corrected chi connectivity index (χ3v) is 7.57. The zero-order valence-corrected chi connectivity index (χ0v) is 21.7. The average Bonchev–Trinajstić information content (AvgIpc) is 3.63. The minimum Gasteiger partial charge on any atom is -0.496 e. The van der Waals surface area contributed by atoms with Crippen molar-refractivity contribution in [1.29, 1.82) is 0 Å². The molecule has 0 unspecified atom stereocenters. The number of rotatable bonds is 8. The number of nitrogens with one attached hydrogen (secondary N) is 1. The summed E-state index contributed by atoms with van der Waals surface area (Å²) >= 11 is 0. The minimum absolute atomic E-state index is 0.192. The van der Waals surface area contributed by atoms with Crippen LogP contribution < -0.4 is 15.8 Å². The molecule has 2 saturated heterocycles. The van der Waals surface area contributed by atoms with Crippen molar-refractivity contribution in [3.05, 3.63) is 52.5 Å². The Kier molecular flexibility index (Phi) is 5.96. The highest BCUT2D eigenvalue weighted by atomic mass is 16.5. The number of hydrogen-bond acceptors (Lipinski definition) is 10. The largest absolute Gasteiger partial charge is 0.496 e. The van der Waals surface area contributed by atoms with Crippen molar-refractivity contribution in [2.45, 2.75) is 52.0 Å². The first-order chi connectivity index (χ1) is 17.9. The number of aryl methyl sites for hydroxylation is 2. The van der Waals surface area contributed by atoms with E-state index in [4.69, 9.17) is 20.1 Å². The lowest BCUT2D eigenvalue weighted by Crippen LogP contribution is -2.43. The minimum atomic E-state index is 0.192. The Bertz CT molecular complexity index is 1440. The van der Waals surface area contributed by atoms with Gasteiger partial charge in [-0.05, 0) is 38.9 Å². The Morgan fingerprint density at radius 3 is 2.70 bits per heavy atom. The van der Waals surface area contributed by atoms with Gasteiger partial charge in [-0.25, -0.2) is 4.98 Å². The standard InChI is InChI=1S/C26H33N9O2/c1-15-7-19(32-37-15)10-28-25-24-23(29-26(27)30-25)16(2)31-35(24)12-18-6-5-17(8-22(18)36-4)11-34-14-20-9-21(34)13-33(20)3/h5-8,20-21H,9-14H2,1-4H3,(H3,27,28,29,30)/t20-,21-/m1/s1. The molecule has 2 atom stereocenters. The van der Waals surface area contributed by atoms with Crippen LogP contribution >= 0.6 is 0 Å². The van der Waals surface area contributed by atoms with Crippen LogP contribution in [-0.4, -0.2) is 74.0 Å². The van der Waals surface area contributed by atoms with Gasteiger partial charge in [-0.15, -0.1) is 0 Å². The molecular weight excluding hydrogens is 470 g/mol. The molecule has 194 valence electrons. The first kappa shape index (κ1) is 23.7. The molecule has 3 N–H and O–H groups in total. The summed E-state index contributed by atoms with van der Waals surface area (Å²) in [6.07, 6.45) is 1.27. The maximum Gasteiger partial charge on any atom is 0.222 e. The lowest BCUT2D eigenvalue weighted by atomic mass is 10.1. The fraction of sp³-hybridized carbons (Fsp3) is 0.462. The molecule has 2 fully saturated rings. The molecule has 0 aliphatic carbocycles. The number of benzene rings is 1. The van der Waals surface area contributed by atoms with Gasteiger partial charge in [0.25, 0.3) is 0 Å². The van der Waals surface area contributed by atoms with Crippen LogP contribution in [0.5, 0.6) is 5.75 Å². The molecule has 0 radical (unpaired) electrons. The van der Waals surface area contributed by atoms with Crippen LogP contribution in [0.25, 0.3) is 11.0 Å². The molecular formula is C26H33N9O2. The van der Waals surface area contributed by atoms with Gasteiger partial charge in [0, 0.05) is 43.3 Å². The fourth-order valence-corrected chi connectivity index (χ4v) is 5.72. The number of likely N-dealkylation sites (N-methyl/N-ethyl adjacent to an activating group) is 1. The van der Waals surface area contributed by atoms with Gasteiger partial charge in [0.1, 0.15) is 28.2 Å². The van der Waals surface area contributed by atoms with E-state index in [9.17, 15) is 0 Å². The molecule has 2 aliphatic rings. The number of hydrogen-bond donors (Lipinski definition) is 2. The maximum atomic E-state index is 6.03. The number of likely N-dealkylation sites (tertiary alicyclic amines) is 2. The van der Waals surface area contributed by atoms with E-state index >= 15 is 0 Å². The highest BCUT2D eigenvalue weighted by Crippen LogP contribution is 2.32. The number of anilines is 2. The van der Waals surface area contributed by atoms with Crippen molar-refractivity contribution in [2.75, 3.05) is 38.3 Å². The van der Waals surface area contributed by atoms with E-state index in [1.807, 2.05) is 24.6 Å². The Balaban J connectivity index is 1.26. The van der Waals surface area contributed by atoms with Gasteiger partial charge >= 0.3 is 0 Å². The van der Waals surface area contributed by atoms with Crippen molar-refractivity contribution in [1.82, 2.24) is 34.7 Å². The molecule has 11 nitrogen and oxygen atoms in total. The van der Waals surface area contributed by atoms with Crippen molar-refractivity contribution >= 4 is 22.8 Å². The highest BCUT2D eigenvalue weighted by molar-refractivity contribution is 5.88. The van der Waals surface area contributed by atoms with Gasteiger partial charge in [0.15, 0.2) is 5.82 Å². The summed E-state index contributed by atoms with van der Waals surface area (Å²) in [7, 11) is 3.95. The first-order valence-electron chi connectivity index (χ1n) is 12.6. The fourth-order valence-electron chi connectivity index (χ4n) is 5.72.